The third-order valence-corrected chi connectivity index (χ3v) is 9.14. The van der Waals surface area contributed by atoms with Gasteiger partial charge in [0, 0.05) is 19.3 Å². The van der Waals surface area contributed by atoms with E-state index in [-0.39, 0.29) is 37.5 Å². The molecule has 0 aromatic carbocycles. The minimum atomic E-state index is -0.816. The zero-order valence-electron chi connectivity index (χ0n) is 36.6. The van der Waals surface area contributed by atoms with Crippen LogP contribution in [0.3, 0.4) is 0 Å². The smallest absolute Gasteiger partial charge is 0.306 e. The summed E-state index contributed by atoms with van der Waals surface area (Å²) in [6.07, 6.45) is 58.3. The lowest BCUT2D eigenvalue weighted by atomic mass is 10.1. The van der Waals surface area contributed by atoms with Gasteiger partial charge in [0.15, 0.2) is 6.10 Å². The minimum Gasteiger partial charge on any atom is -0.462 e. The number of rotatable bonds is 39. The fourth-order valence-corrected chi connectivity index (χ4v) is 5.69. The number of carbonyl (C=O) groups excluding carboxylic acids is 3. The second-order valence-electron chi connectivity index (χ2n) is 14.7. The number of allylic oxidation sites excluding steroid dienone is 16. The fraction of sp³-hybridized carbons (Fsp3) is 0.627. The Morgan fingerprint density at radius 3 is 1.35 bits per heavy atom. The number of ether oxygens (including phenoxy) is 3. The van der Waals surface area contributed by atoms with Crippen LogP contribution in [0.5, 0.6) is 0 Å². The molecule has 0 aromatic rings. The van der Waals surface area contributed by atoms with Crippen LogP contribution in [-0.4, -0.2) is 37.2 Å². The van der Waals surface area contributed by atoms with Crippen LogP contribution in [0.25, 0.3) is 0 Å². The average Bonchev–Trinajstić information content (AvgIpc) is 3.21. The van der Waals surface area contributed by atoms with E-state index in [0.717, 1.165) is 109 Å². The molecule has 0 aliphatic rings. The van der Waals surface area contributed by atoms with E-state index in [2.05, 4.69) is 118 Å². The van der Waals surface area contributed by atoms with Crippen molar-refractivity contribution in [2.75, 3.05) is 13.2 Å². The van der Waals surface area contributed by atoms with Gasteiger partial charge < -0.3 is 14.2 Å². The number of unbranched alkanes of at least 4 members (excludes halogenated alkanes) is 15. The Labute approximate surface area is 349 Å². The zero-order chi connectivity index (χ0) is 41.5. The van der Waals surface area contributed by atoms with E-state index in [1.54, 1.807) is 0 Å². The molecule has 0 bridgehead atoms. The van der Waals surface area contributed by atoms with E-state index in [0.29, 0.717) is 19.3 Å². The van der Waals surface area contributed by atoms with Crippen LogP contribution in [0.4, 0.5) is 0 Å². The maximum Gasteiger partial charge on any atom is 0.306 e. The third-order valence-electron chi connectivity index (χ3n) is 9.14. The van der Waals surface area contributed by atoms with Crippen molar-refractivity contribution < 1.29 is 28.6 Å². The van der Waals surface area contributed by atoms with E-state index in [4.69, 9.17) is 14.2 Å². The number of hydrogen-bond donors (Lipinski definition) is 0. The average molecular weight is 791 g/mol. The Morgan fingerprint density at radius 2 is 0.789 bits per heavy atom. The van der Waals surface area contributed by atoms with E-state index in [1.807, 2.05) is 0 Å². The number of esters is 3. The van der Waals surface area contributed by atoms with E-state index < -0.39 is 6.10 Å². The summed E-state index contributed by atoms with van der Waals surface area (Å²) in [4.78, 5) is 37.7. The lowest BCUT2D eigenvalue weighted by molar-refractivity contribution is -0.167. The largest absolute Gasteiger partial charge is 0.462 e. The summed E-state index contributed by atoms with van der Waals surface area (Å²) in [6.45, 7) is 6.33. The molecule has 1 unspecified atom stereocenters. The van der Waals surface area contributed by atoms with Gasteiger partial charge in [0.25, 0.3) is 0 Å². The SMILES string of the molecule is CC/C=C\C/C=C\C/C=C\CCCC(=O)OC(COC(=O)CCCCCC/C=C\CCCC)COC(=O)CCCCCCC\C=C/C=C\C=C/C=C\CCCCC. The van der Waals surface area contributed by atoms with Crippen molar-refractivity contribution in [2.45, 2.75) is 194 Å². The maximum absolute atomic E-state index is 12.7. The molecule has 0 rings (SSSR count). The lowest BCUT2D eigenvalue weighted by Gasteiger charge is -2.18. The Balaban J connectivity index is 4.48. The summed E-state index contributed by atoms with van der Waals surface area (Å²) in [5.41, 5.74) is 0. The normalized spacial score (nSPS) is 13.0. The van der Waals surface area contributed by atoms with Gasteiger partial charge in [0.1, 0.15) is 13.2 Å². The van der Waals surface area contributed by atoms with Gasteiger partial charge in [-0.05, 0) is 89.9 Å². The Kier molecular flexibility index (Phi) is 42.1. The monoisotopic (exact) mass is 791 g/mol. The highest BCUT2D eigenvalue weighted by atomic mass is 16.6. The summed E-state index contributed by atoms with van der Waals surface area (Å²) in [7, 11) is 0. The minimum absolute atomic E-state index is 0.114. The van der Waals surface area contributed by atoms with Gasteiger partial charge in [-0.3, -0.25) is 14.4 Å². The molecule has 0 saturated heterocycles. The summed E-state index contributed by atoms with van der Waals surface area (Å²) < 4.78 is 16.6. The van der Waals surface area contributed by atoms with Crippen molar-refractivity contribution in [1.82, 2.24) is 0 Å². The van der Waals surface area contributed by atoms with Crippen molar-refractivity contribution in [3.8, 4) is 0 Å². The molecule has 0 saturated carbocycles. The van der Waals surface area contributed by atoms with Crippen molar-refractivity contribution in [1.29, 1.82) is 0 Å². The molecule has 1 atom stereocenters. The molecule has 0 heterocycles. The first-order valence-electron chi connectivity index (χ1n) is 22.8. The molecular formula is C51H82O6. The maximum atomic E-state index is 12.7. The lowest BCUT2D eigenvalue weighted by Crippen LogP contribution is -2.30. The summed E-state index contributed by atoms with van der Waals surface area (Å²) in [5.74, 6) is -1.02. The molecule has 0 aromatic heterocycles. The first kappa shape index (κ1) is 53.3. The predicted octanol–water partition coefficient (Wildman–Crippen LogP) is 14.6. The van der Waals surface area contributed by atoms with Crippen LogP contribution in [0, 0.1) is 0 Å². The van der Waals surface area contributed by atoms with E-state index in [9.17, 15) is 14.4 Å². The first-order valence-corrected chi connectivity index (χ1v) is 22.8. The topological polar surface area (TPSA) is 78.9 Å². The Morgan fingerprint density at radius 1 is 0.386 bits per heavy atom. The van der Waals surface area contributed by atoms with Gasteiger partial charge in [-0.2, -0.15) is 0 Å². The van der Waals surface area contributed by atoms with Gasteiger partial charge in [-0.15, -0.1) is 0 Å². The van der Waals surface area contributed by atoms with Crippen LogP contribution in [0.1, 0.15) is 188 Å². The second-order valence-corrected chi connectivity index (χ2v) is 14.7. The molecular weight excluding hydrogens is 709 g/mol. The zero-order valence-corrected chi connectivity index (χ0v) is 36.6. The first-order chi connectivity index (χ1) is 28.0. The molecule has 57 heavy (non-hydrogen) atoms. The molecule has 0 amide bonds. The molecule has 0 aliphatic carbocycles. The third kappa shape index (κ3) is 43.3. The van der Waals surface area contributed by atoms with Crippen molar-refractivity contribution in [3.05, 3.63) is 97.2 Å². The molecule has 6 heteroatoms. The molecule has 0 radical (unpaired) electrons. The quantitative estimate of drug-likeness (QED) is 0.0203. The Bertz CT molecular complexity index is 1180. The molecule has 0 aliphatic heterocycles. The van der Waals surface area contributed by atoms with Gasteiger partial charge >= 0.3 is 17.9 Å². The van der Waals surface area contributed by atoms with Gasteiger partial charge in [-0.1, -0.05) is 176 Å². The van der Waals surface area contributed by atoms with Crippen LogP contribution in [0.15, 0.2) is 97.2 Å². The van der Waals surface area contributed by atoms with Gasteiger partial charge in [0.2, 0.25) is 0 Å². The van der Waals surface area contributed by atoms with Crippen molar-refractivity contribution in [2.24, 2.45) is 0 Å². The fourth-order valence-electron chi connectivity index (χ4n) is 5.69. The van der Waals surface area contributed by atoms with Crippen LogP contribution in [-0.2, 0) is 28.6 Å². The van der Waals surface area contributed by atoms with Gasteiger partial charge in [-0.25, -0.2) is 0 Å². The van der Waals surface area contributed by atoms with Crippen LogP contribution < -0.4 is 0 Å². The summed E-state index contributed by atoms with van der Waals surface area (Å²) in [5, 5.41) is 0. The van der Waals surface area contributed by atoms with Crippen molar-refractivity contribution in [3.63, 3.8) is 0 Å². The van der Waals surface area contributed by atoms with Gasteiger partial charge in [0.05, 0.1) is 0 Å². The molecule has 322 valence electrons. The predicted molar refractivity (Wildman–Crippen MR) is 242 cm³/mol. The van der Waals surface area contributed by atoms with E-state index in [1.165, 1.54) is 32.1 Å². The Hall–Kier alpha value is -3.67. The summed E-state index contributed by atoms with van der Waals surface area (Å²) in [6, 6.07) is 0. The summed E-state index contributed by atoms with van der Waals surface area (Å²) >= 11 is 0. The molecule has 6 nitrogen and oxygen atoms in total. The molecule has 0 spiro atoms. The second kappa shape index (κ2) is 45.0. The van der Waals surface area contributed by atoms with Crippen LogP contribution in [0.2, 0.25) is 0 Å². The highest BCUT2D eigenvalue weighted by Gasteiger charge is 2.19. The number of hydrogen-bond acceptors (Lipinski definition) is 6. The highest BCUT2D eigenvalue weighted by Crippen LogP contribution is 2.11. The standard InChI is InChI=1S/C51H82O6/c1-4-7-10-13-16-19-22-23-24-25-26-27-28-30-32-35-38-41-44-50(53)56-47-48(46-55-49(52)43-40-37-34-31-21-18-15-12-9-6-3)57-51(54)45-42-39-36-33-29-20-17-14-11-8-5-2/h8,11,15-20,22-27,33,36,48H,4-7,9-10,12-14,21,28-32,34-35,37-47H2,1-3H3/b11-8-,18-15-,19-16-,20-17-,23-22-,25-24-,27-26-,36-33-. The van der Waals surface area contributed by atoms with E-state index >= 15 is 0 Å². The molecule has 0 fully saturated rings. The highest BCUT2D eigenvalue weighted by molar-refractivity contribution is 5.71. The van der Waals surface area contributed by atoms with Crippen molar-refractivity contribution >= 4 is 17.9 Å². The molecule has 0 N–H and O–H groups in total. The van der Waals surface area contributed by atoms with Crippen LogP contribution >= 0.6 is 0 Å². The number of carbonyl (C=O) groups is 3.